The smallest absolute Gasteiger partial charge is 0.271 e. The van der Waals surface area contributed by atoms with E-state index >= 15 is 0 Å². The standard InChI is InChI=1S/C29H40N2O5/c1-6-7-8-9-10-11-16-36-26-14-13-23(19-27(26)34-5)18-24-22(4)25(20-30)29(33)31(28(24)32)15-12-17-35-21(2)3/h13-14,18-19,21H,6-12,15-17H2,1-5H3/b24-18+. The summed E-state index contributed by atoms with van der Waals surface area (Å²) in [4.78, 5) is 27.1. The number of carbonyl (C=O) groups excluding carboxylic acids is 2. The average molecular weight is 497 g/mol. The van der Waals surface area contributed by atoms with E-state index in [1.54, 1.807) is 26.2 Å². The van der Waals surface area contributed by atoms with Crippen LogP contribution in [0.25, 0.3) is 6.08 Å². The second-order valence-corrected chi connectivity index (χ2v) is 9.23. The van der Waals surface area contributed by atoms with Gasteiger partial charge in [-0.3, -0.25) is 14.5 Å². The molecule has 0 saturated carbocycles. The van der Waals surface area contributed by atoms with E-state index in [0.717, 1.165) is 23.3 Å². The quantitative estimate of drug-likeness (QED) is 0.172. The molecule has 0 aliphatic carbocycles. The summed E-state index contributed by atoms with van der Waals surface area (Å²) in [6, 6.07) is 7.44. The van der Waals surface area contributed by atoms with Gasteiger partial charge in [-0.25, -0.2) is 0 Å². The van der Waals surface area contributed by atoms with E-state index in [0.29, 0.717) is 42.3 Å². The summed E-state index contributed by atoms with van der Waals surface area (Å²) in [5, 5.41) is 9.59. The first kappa shape index (κ1) is 29.1. The molecule has 0 fully saturated rings. The Bertz CT molecular complexity index is 1000. The van der Waals surface area contributed by atoms with Crippen LogP contribution in [-0.2, 0) is 14.3 Å². The van der Waals surface area contributed by atoms with Gasteiger partial charge >= 0.3 is 0 Å². The molecule has 0 saturated heterocycles. The summed E-state index contributed by atoms with van der Waals surface area (Å²) in [6.45, 7) is 8.93. The number of nitrogens with zero attached hydrogens (tertiary/aromatic N) is 2. The molecule has 1 aliphatic rings. The molecule has 1 aromatic rings. The van der Waals surface area contributed by atoms with Crippen LogP contribution >= 0.6 is 0 Å². The van der Waals surface area contributed by atoms with Crippen molar-refractivity contribution in [1.82, 2.24) is 4.90 Å². The molecule has 7 heteroatoms. The van der Waals surface area contributed by atoms with Crippen LogP contribution in [0.3, 0.4) is 0 Å². The molecule has 1 aromatic carbocycles. The maximum Gasteiger partial charge on any atom is 0.271 e. The van der Waals surface area contributed by atoms with Gasteiger partial charge in [0.2, 0.25) is 0 Å². The Hall–Kier alpha value is -3.11. The molecule has 1 aliphatic heterocycles. The minimum absolute atomic E-state index is 0.0171. The van der Waals surface area contributed by atoms with E-state index in [1.807, 2.05) is 32.0 Å². The Labute approximate surface area is 215 Å². The van der Waals surface area contributed by atoms with Gasteiger partial charge in [-0.2, -0.15) is 5.26 Å². The van der Waals surface area contributed by atoms with E-state index in [9.17, 15) is 14.9 Å². The minimum atomic E-state index is -0.558. The molecule has 0 aromatic heterocycles. The van der Waals surface area contributed by atoms with Crippen molar-refractivity contribution in [2.45, 2.75) is 78.7 Å². The number of carbonyl (C=O) groups is 2. The highest BCUT2D eigenvalue weighted by Crippen LogP contribution is 2.32. The molecule has 7 nitrogen and oxygen atoms in total. The monoisotopic (exact) mass is 496 g/mol. The van der Waals surface area contributed by atoms with Crippen molar-refractivity contribution in [3.8, 4) is 17.6 Å². The molecule has 1 heterocycles. The summed E-state index contributed by atoms with van der Waals surface area (Å²) < 4.78 is 17.0. The zero-order valence-corrected chi connectivity index (χ0v) is 22.4. The number of unbranched alkanes of at least 4 members (excludes halogenated alkanes) is 5. The number of hydrogen-bond acceptors (Lipinski definition) is 6. The first-order chi connectivity index (χ1) is 17.3. The number of methoxy groups -OCH3 is 1. The van der Waals surface area contributed by atoms with Gasteiger partial charge in [-0.05, 0) is 63.0 Å². The van der Waals surface area contributed by atoms with Crippen molar-refractivity contribution in [2.75, 3.05) is 26.9 Å². The summed E-state index contributed by atoms with van der Waals surface area (Å²) in [5.41, 5.74) is 1.40. The molecule has 196 valence electrons. The van der Waals surface area contributed by atoms with E-state index in [4.69, 9.17) is 14.2 Å². The maximum absolute atomic E-state index is 13.2. The van der Waals surface area contributed by atoms with Crippen LogP contribution in [0.2, 0.25) is 0 Å². The highest BCUT2D eigenvalue weighted by molar-refractivity contribution is 6.19. The second-order valence-electron chi connectivity index (χ2n) is 9.23. The number of rotatable bonds is 15. The third kappa shape index (κ3) is 8.23. The fourth-order valence-corrected chi connectivity index (χ4v) is 4.00. The Morgan fingerprint density at radius 3 is 2.39 bits per heavy atom. The normalized spacial score (nSPS) is 15.1. The topological polar surface area (TPSA) is 88.9 Å². The lowest BCUT2D eigenvalue weighted by atomic mass is 9.93. The number of nitriles is 1. The van der Waals surface area contributed by atoms with Gasteiger partial charge < -0.3 is 14.2 Å². The van der Waals surface area contributed by atoms with Gasteiger partial charge in [0.1, 0.15) is 11.6 Å². The van der Waals surface area contributed by atoms with Gasteiger partial charge in [0.05, 0.1) is 19.8 Å². The molecule has 0 bridgehead atoms. The Kier molecular flexibility index (Phi) is 12.2. The lowest BCUT2D eigenvalue weighted by Crippen LogP contribution is -2.43. The predicted molar refractivity (Wildman–Crippen MR) is 141 cm³/mol. The third-order valence-electron chi connectivity index (χ3n) is 6.06. The van der Waals surface area contributed by atoms with Crippen molar-refractivity contribution in [2.24, 2.45) is 0 Å². The Morgan fingerprint density at radius 1 is 1.00 bits per heavy atom. The lowest BCUT2D eigenvalue weighted by Gasteiger charge is -2.27. The highest BCUT2D eigenvalue weighted by Gasteiger charge is 2.35. The summed E-state index contributed by atoms with van der Waals surface area (Å²) in [5.74, 6) is 0.246. The summed E-state index contributed by atoms with van der Waals surface area (Å²) >= 11 is 0. The molecular weight excluding hydrogens is 456 g/mol. The minimum Gasteiger partial charge on any atom is -0.493 e. The Morgan fingerprint density at radius 2 is 1.72 bits per heavy atom. The SMILES string of the molecule is CCCCCCCCOc1ccc(/C=C2/C(=O)N(CCCOC(C)C)C(=O)C(C#N)=C2C)cc1OC. The van der Waals surface area contributed by atoms with Crippen LogP contribution in [0, 0.1) is 11.3 Å². The van der Waals surface area contributed by atoms with E-state index in [-0.39, 0.29) is 18.2 Å². The number of ether oxygens (including phenoxy) is 3. The number of imide groups is 1. The fourth-order valence-electron chi connectivity index (χ4n) is 4.00. The zero-order valence-electron chi connectivity index (χ0n) is 22.4. The first-order valence-corrected chi connectivity index (χ1v) is 13.0. The zero-order chi connectivity index (χ0) is 26.5. The molecule has 2 amide bonds. The van der Waals surface area contributed by atoms with Crippen molar-refractivity contribution < 1.29 is 23.8 Å². The molecule has 0 spiro atoms. The number of hydrogen-bond donors (Lipinski definition) is 0. The molecule has 36 heavy (non-hydrogen) atoms. The predicted octanol–water partition coefficient (Wildman–Crippen LogP) is 5.84. The molecular formula is C29H40N2O5. The maximum atomic E-state index is 13.2. The van der Waals surface area contributed by atoms with Gasteiger partial charge in [-0.1, -0.05) is 45.1 Å². The second kappa shape index (κ2) is 15.1. The third-order valence-corrected chi connectivity index (χ3v) is 6.06. The first-order valence-electron chi connectivity index (χ1n) is 13.0. The van der Waals surface area contributed by atoms with Gasteiger partial charge in [0, 0.05) is 18.7 Å². The largest absolute Gasteiger partial charge is 0.493 e. The van der Waals surface area contributed by atoms with Gasteiger partial charge in [0.15, 0.2) is 11.5 Å². The molecule has 0 unspecified atom stereocenters. The van der Waals surface area contributed by atoms with Crippen molar-refractivity contribution in [1.29, 1.82) is 5.26 Å². The summed E-state index contributed by atoms with van der Waals surface area (Å²) in [6.07, 6.45) is 9.37. The van der Waals surface area contributed by atoms with Crippen LogP contribution < -0.4 is 9.47 Å². The summed E-state index contributed by atoms with van der Waals surface area (Å²) in [7, 11) is 1.58. The molecule has 2 rings (SSSR count). The molecule has 0 atom stereocenters. The van der Waals surface area contributed by atoms with Crippen molar-refractivity contribution >= 4 is 17.9 Å². The van der Waals surface area contributed by atoms with Crippen LogP contribution in [0.15, 0.2) is 34.9 Å². The van der Waals surface area contributed by atoms with Gasteiger partial charge in [-0.15, -0.1) is 0 Å². The van der Waals surface area contributed by atoms with Crippen LogP contribution in [0.1, 0.15) is 78.2 Å². The lowest BCUT2D eigenvalue weighted by molar-refractivity contribution is -0.140. The number of benzene rings is 1. The number of amides is 2. The molecule has 0 N–H and O–H groups in total. The van der Waals surface area contributed by atoms with Crippen LogP contribution in [0.4, 0.5) is 0 Å². The molecule has 0 radical (unpaired) electrons. The fraction of sp³-hybridized carbons (Fsp3) is 0.552. The van der Waals surface area contributed by atoms with Crippen LogP contribution in [-0.4, -0.2) is 49.7 Å². The van der Waals surface area contributed by atoms with Crippen molar-refractivity contribution in [3.63, 3.8) is 0 Å². The van der Waals surface area contributed by atoms with E-state index in [1.165, 1.54) is 25.7 Å². The van der Waals surface area contributed by atoms with Crippen molar-refractivity contribution in [3.05, 3.63) is 40.5 Å². The van der Waals surface area contributed by atoms with Gasteiger partial charge in [0.25, 0.3) is 11.8 Å². The van der Waals surface area contributed by atoms with E-state index < -0.39 is 11.8 Å². The van der Waals surface area contributed by atoms with Crippen LogP contribution in [0.5, 0.6) is 11.5 Å². The average Bonchev–Trinajstić information content (AvgIpc) is 2.86. The highest BCUT2D eigenvalue weighted by atomic mass is 16.5. The van der Waals surface area contributed by atoms with E-state index in [2.05, 4.69) is 6.92 Å². The Balaban J connectivity index is 2.16.